The normalized spacial score (nSPS) is 30.5. The predicted molar refractivity (Wildman–Crippen MR) is 74.8 cm³/mol. The number of likely N-dealkylation sites (tertiary alicyclic amines) is 1. The van der Waals surface area contributed by atoms with Crippen molar-refractivity contribution < 1.29 is 18.0 Å². The number of nitrogens with zero attached hydrogens (tertiary/aromatic N) is 1. The Kier molecular flexibility index (Phi) is 4.36. The Bertz CT molecular complexity index is 503. The Morgan fingerprint density at radius 2 is 2.20 bits per heavy atom. The van der Waals surface area contributed by atoms with Crippen LogP contribution in [0.2, 0.25) is 0 Å². The van der Waals surface area contributed by atoms with Gasteiger partial charge in [-0.2, -0.15) is 0 Å². The van der Waals surface area contributed by atoms with E-state index in [1.165, 1.54) is 0 Å². The number of hydrogen-bond donors (Lipinski definition) is 1. The fourth-order valence-corrected chi connectivity index (χ4v) is 4.47. The summed E-state index contributed by atoms with van der Waals surface area (Å²) in [4.78, 5) is 25.6. The van der Waals surface area contributed by atoms with E-state index in [2.05, 4.69) is 5.32 Å². The molecule has 2 fully saturated rings. The number of nitrogens with one attached hydrogen (secondary N) is 1. The zero-order valence-electron chi connectivity index (χ0n) is 12.0. The standard InChI is InChI=1S/C13H22N2O4S/c1-3-9(2)14-13(17)10-6-12(16)15(7-10)11-4-5-20(18,19)8-11/h9-11H,3-8H2,1-2H3,(H,14,17). The highest BCUT2D eigenvalue weighted by Gasteiger charge is 2.41. The van der Waals surface area contributed by atoms with Crippen molar-refractivity contribution in [1.82, 2.24) is 10.2 Å². The van der Waals surface area contributed by atoms with Gasteiger partial charge in [0.05, 0.1) is 17.4 Å². The highest BCUT2D eigenvalue weighted by molar-refractivity contribution is 7.91. The highest BCUT2D eigenvalue weighted by atomic mass is 32.2. The minimum atomic E-state index is -3.01. The van der Waals surface area contributed by atoms with Gasteiger partial charge in [0, 0.05) is 25.0 Å². The fraction of sp³-hybridized carbons (Fsp3) is 0.846. The number of sulfone groups is 1. The van der Waals surface area contributed by atoms with Gasteiger partial charge in [-0.25, -0.2) is 8.42 Å². The molecule has 2 amide bonds. The van der Waals surface area contributed by atoms with Crippen LogP contribution in [0.1, 0.15) is 33.1 Å². The lowest BCUT2D eigenvalue weighted by atomic mass is 10.1. The molecule has 0 spiro atoms. The maximum absolute atomic E-state index is 12.0. The molecule has 0 saturated carbocycles. The van der Waals surface area contributed by atoms with E-state index in [0.29, 0.717) is 13.0 Å². The van der Waals surface area contributed by atoms with Crippen molar-refractivity contribution >= 4 is 21.7 Å². The molecule has 3 atom stereocenters. The molecule has 2 aliphatic heterocycles. The van der Waals surface area contributed by atoms with Crippen molar-refractivity contribution in [2.45, 2.75) is 45.2 Å². The number of carbonyl (C=O) groups is 2. The van der Waals surface area contributed by atoms with Gasteiger partial charge in [-0.05, 0) is 19.8 Å². The van der Waals surface area contributed by atoms with Gasteiger partial charge >= 0.3 is 0 Å². The van der Waals surface area contributed by atoms with Crippen LogP contribution >= 0.6 is 0 Å². The van der Waals surface area contributed by atoms with Crippen LogP contribution in [0.15, 0.2) is 0 Å². The minimum absolute atomic E-state index is 0.0401. The fourth-order valence-electron chi connectivity index (χ4n) is 2.74. The van der Waals surface area contributed by atoms with E-state index >= 15 is 0 Å². The summed E-state index contributed by atoms with van der Waals surface area (Å²) in [6.45, 7) is 4.26. The van der Waals surface area contributed by atoms with E-state index < -0.39 is 9.84 Å². The van der Waals surface area contributed by atoms with Crippen LogP contribution in [0, 0.1) is 5.92 Å². The summed E-state index contributed by atoms with van der Waals surface area (Å²) in [6.07, 6.45) is 1.53. The summed E-state index contributed by atoms with van der Waals surface area (Å²) in [5.74, 6) is -0.365. The van der Waals surface area contributed by atoms with Crippen LogP contribution in [0.4, 0.5) is 0 Å². The first-order chi connectivity index (χ1) is 9.32. The molecule has 6 nitrogen and oxygen atoms in total. The molecule has 2 aliphatic rings. The number of amides is 2. The number of rotatable bonds is 4. The summed E-state index contributed by atoms with van der Waals surface area (Å²) in [7, 11) is -3.01. The van der Waals surface area contributed by atoms with E-state index in [1.807, 2.05) is 13.8 Å². The van der Waals surface area contributed by atoms with Crippen LogP contribution < -0.4 is 5.32 Å². The maximum Gasteiger partial charge on any atom is 0.225 e. The summed E-state index contributed by atoms with van der Waals surface area (Å²) in [5.41, 5.74) is 0. The molecule has 1 N–H and O–H groups in total. The van der Waals surface area contributed by atoms with Gasteiger partial charge in [-0.3, -0.25) is 9.59 Å². The zero-order chi connectivity index (χ0) is 14.9. The van der Waals surface area contributed by atoms with Crippen molar-refractivity contribution in [2.75, 3.05) is 18.1 Å². The Morgan fingerprint density at radius 3 is 2.75 bits per heavy atom. The first-order valence-electron chi connectivity index (χ1n) is 7.12. The van der Waals surface area contributed by atoms with E-state index in [1.54, 1.807) is 4.90 Å². The molecule has 0 aromatic carbocycles. The Morgan fingerprint density at radius 1 is 1.50 bits per heavy atom. The van der Waals surface area contributed by atoms with Gasteiger partial charge in [-0.1, -0.05) is 6.92 Å². The molecule has 2 heterocycles. The average molecular weight is 302 g/mol. The summed E-state index contributed by atoms with van der Waals surface area (Å²) in [5, 5.41) is 2.88. The minimum Gasteiger partial charge on any atom is -0.353 e. The smallest absolute Gasteiger partial charge is 0.225 e. The van der Waals surface area contributed by atoms with Gasteiger partial charge in [0.15, 0.2) is 9.84 Å². The van der Waals surface area contributed by atoms with Crippen molar-refractivity contribution in [3.8, 4) is 0 Å². The zero-order valence-corrected chi connectivity index (χ0v) is 12.8. The maximum atomic E-state index is 12.0. The highest BCUT2D eigenvalue weighted by Crippen LogP contribution is 2.26. The van der Waals surface area contributed by atoms with Crippen molar-refractivity contribution in [3.05, 3.63) is 0 Å². The van der Waals surface area contributed by atoms with Gasteiger partial charge in [0.2, 0.25) is 11.8 Å². The molecule has 2 rings (SSSR count). The summed E-state index contributed by atoms with van der Waals surface area (Å²) in [6, 6.07) is -0.146. The van der Waals surface area contributed by atoms with E-state index in [-0.39, 0.29) is 47.7 Å². The monoisotopic (exact) mass is 302 g/mol. The molecule has 114 valence electrons. The molecule has 0 aromatic rings. The quantitative estimate of drug-likeness (QED) is 0.788. The molecule has 0 bridgehead atoms. The lowest BCUT2D eigenvalue weighted by Gasteiger charge is -2.23. The third-order valence-corrected chi connectivity index (χ3v) is 5.93. The molecule has 2 saturated heterocycles. The molecule has 0 aliphatic carbocycles. The van der Waals surface area contributed by atoms with Crippen LogP contribution in [0.5, 0.6) is 0 Å². The SMILES string of the molecule is CCC(C)NC(=O)C1CC(=O)N(C2CCS(=O)(=O)C2)C1. The lowest BCUT2D eigenvalue weighted by molar-refractivity contribution is -0.130. The third kappa shape index (κ3) is 3.31. The Hall–Kier alpha value is -1.11. The topological polar surface area (TPSA) is 83.6 Å². The Balaban J connectivity index is 1.96. The second-order valence-corrected chi connectivity index (χ2v) is 8.05. The molecule has 0 aromatic heterocycles. The Labute approximate surface area is 119 Å². The number of carbonyl (C=O) groups excluding carboxylic acids is 2. The van der Waals surface area contributed by atoms with E-state index in [4.69, 9.17) is 0 Å². The van der Waals surface area contributed by atoms with Gasteiger partial charge in [0.1, 0.15) is 0 Å². The lowest BCUT2D eigenvalue weighted by Crippen LogP contribution is -2.40. The molecule has 20 heavy (non-hydrogen) atoms. The third-order valence-electron chi connectivity index (χ3n) is 4.18. The second-order valence-electron chi connectivity index (χ2n) is 5.82. The largest absolute Gasteiger partial charge is 0.353 e. The molecular formula is C13H22N2O4S. The predicted octanol–water partition coefficient (Wildman–Crippen LogP) is -0.0633. The number of hydrogen-bond acceptors (Lipinski definition) is 4. The van der Waals surface area contributed by atoms with Crippen molar-refractivity contribution in [3.63, 3.8) is 0 Å². The van der Waals surface area contributed by atoms with Crippen molar-refractivity contribution in [1.29, 1.82) is 0 Å². The van der Waals surface area contributed by atoms with Gasteiger partial charge in [-0.15, -0.1) is 0 Å². The van der Waals surface area contributed by atoms with Crippen molar-refractivity contribution in [2.24, 2.45) is 5.92 Å². The van der Waals surface area contributed by atoms with Crippen LogP contribution in [-0.4, -0.2) is 55.3 Å². The van der Waals surface area contributed by atoms with E-state index in [9.17, 15) is 18.0 Å². The molecular weight excluding hydrogens is 280 g/mol. The first-order valence-corrected chi connectivity index (χ1v) is 8.94. The molecule has 7 heteroatoms. The van der Waals surface area contributed by atoms with E-state index in [0.717, 1.165) is 6.42 Å². The summed E-state index contributed by atoms with van der Waals surface area (Å²) < 4.78 is 23.0. The summed E-state index contributed by atoms with van der Waals surface area (Å²) >= 11 is 0. The average Bonchev–Trinajstić information content (AvgIpc) is 2.92. The first kappa shape index (κ1) is 15.3. The molecule has 3 unspecified atom stereocenters. The van der Waals surface area contributed by atoms with Crippen LogP contribution in [-0.2, 0) is 19.4 Å². The van der Waals surface area contributed by atoms with Gasteiger partial charge in [0.25, 0.3) is 0 Å². The second kappa shape index (κ2) is 5.71. The van der Waals surface area contributed by atoms with Gasteiger partial charge < -0.3 is 10.2 Å². The van der Waals surface area contributed by atoms with Crippen LogP contribution in [0.3, 0.4) is 0 Å². The van der Waals surface area contributed by atoms with Crippen LogP contribution in [0.25, 0.3) is 0 Å². The molecule has 0 radical (unpaired) electrons.